The van der Waals surface area contributed by atoms with Crippen LogP contribution in [0.15, 0.2) is 36.7 Å². The number of hydrogen-bond acceptors (Lipinski definition) is 2. The second-order valence-electron chi connectivity index (χ2n) is 5.00. The Hall–Kier alpha value is -1.74. The number of aryl methyl sites for hydroxylation is 2. The zero-order valence-electron chi connectivity index (χ0n) is 11.0. The highest BCUT2D eigenvalue weighted by Gasteiger charge is 2.18. The van der Waals surface area contributed by atoms with Crippen molar-refractivity contribution in [2.75, 3.05) is 7.05 Å². The van der Waals surface area contributed by atoms with Crippen LogP contribution in [0.4, 0.5) is 4.39 Å². The molecular weight excluding hydrogens is 239 g/mol. The van der Waals surface area contributed by atoms with Gasteiger partial charge in [-0.3, -0.25) is 4.98 Å². The molecule has 0 fully saturated rings. The molecule has 1 atom stereocenters. The summed E-state index contributed by atoms with van der Waals surface area (Å²) in [6.45, 7) is 0. The Balaban J connectivity index is 2.01. The fourth-order valence-corrected chi connectivity index (χ4v) is 2.89. The first-order valence-electron chi connectivity index (χ1n) is 6.68. The highest BCUT2D eigenvalue weighted by Crippen LogP contribution is 2.29. The Kier molecular flexibility index (Phi) is 3.30. The third kappa shape index (κ3) is 2.26. The lowest BCUT2D eigenvalue weighted by molar-refractivity contribution is 0.570. The van der Waals surface area contributed by atoms with Gasteiger partial charge in [0.2, 0.25) is 0 Å². The number of fused-ring (bicyclic) bond motifs is 1. The van der Waals surface area contributed by atoms with Crippen LogP contribution in [0, 0.1) is 5.82 Å². The molecule has 98 valence electrons. The number of rotatable bonds is 3. The van der Waals surface area contributed by atoms with Crippen LogP contribution >= 0.6 is 0 Å². The summed E-state index contributed by atoms with van der Waals surface area (Å²) in [5, 5.41) is 3.20. The number of pyridine rings is 1. The summed E-state index contributed by atoms with van der Waals surface area (Å²) >= 11 is 0. The first-order valence-corrected chi connectivity index (χ1v) is 6.68. The third-order valence-corrected chi connectivity index (χ3v) is 3.86. The van der Waals surface area contributed by atoms with Crippen molar-refractivity contribution in [3.05, 3.63) is 64.7 Å². The van der Waals surface area contributed by atoms with Crippen LogP contribution in [0.2, 0.25) is 0 Å². The van der Waals surface area contributed by atoms with Gasteiger partial charge in [-0.2, -0.15) is 0 Å². The van der Waals surface area contributed by atoms with Crippen LogP contribution in [0.5, 0.6) is 0 Å². The van der Waals surface area contributed by atoms with Crippen molar-refractivity contribution in [3.63, 3.8) is 0 Å². The van der Waals surface area contributed by atoms with Gasteiger partial charge < -0.3 is 5.32 Å². The van der Waals surface area contributed by atoms with Gasteiger partial charge in [0.1, 0.15) is 5.82 Å². The van der Waals surface area contributed by atoms with Gasteiger partial charge in [0, 0.05) is 11.8 Å². The van der Waals surface area contributed by atoms with Crippen LogP contribution in [0.3, 0.4) is 0 Å². The molecule has 1 N–H and O–H groups in total. The maximum atomic E-state index is 13.9. The SMILES string of the molecule is CNC(c1ccc2c(c1)CCC2)c1ccncc1F. The lowest BCUT2D eigenvalue weighted by Crippen LogP contribution is -2.19. The molecule has 0 saturated carbocycles. The number of benzene rings is 1. The highest BCUT2D eigenvalue weighted by atomic mass is 19.1. The Morgan fingerprint density at radius 1 is 1.21 bits per heavy atom. The summed E-state index contributed by atoms with van der Waals surface area (Å²) in [7, 11) is 1.86. The minimum atomic E-state index is -0.262. The van der Waals surface area contributed by atoms with Crippen molar-refractivity contribution in [2.45, 2.75) is 25.3 Å². The molecule has 0 amide bonds. The topological polar surface area (TPSA) is 24.9 Å². The average molecular weight is 256 g/mol. The third-order valence-electron chi connectivity index (χ3n) is 3.86. The van der Waals surface area contributed by atoms with Crippen molar-refractivity contribution >= 4 is 0 Å². The summed E-state index contributed by atoms with van der Waals surface area (Å²) in [4.78, 5) is 3.81. The van der Waals surface area contributed by atoms with E-state index in [-0.39, 0.29) is 11.9 Å². The molecule has 19 heavy (non-hydrogen) atoms. The lowest BCUT2D eigenvalue weighted by atomic mass is 9.96. The molecule has 0 aliphatic heterocycles. The Labute approximate surface area is 112 Å². The Morgan fingerprint density at radius 2 is 2.05 bits per heavy atom. The van der Waals surface area contributed by atoms with Crippen molar-refractivity contribution < 1.29 is 4.39 Å². The van der Waals surface area contributed by atoms with Crippen LogP contribution in [0.1, 0.15) is 34.7 Å². The normalized spacial score (nSPS) is 15.3. The first kappa shape index (κ1) is 12.3. The Morgan fingerprint density at radius 3 is 2.84 bits per heavy atom. The molecule has 3 heteroatoms. The summed E-state index contributed by atoms with van der Waals surface area (Å²) < 4.78 is 13.9. The van der Waals surface area contributed by atoms with E-state index in [1.807, 2.05) is 7.05 Å². The molecule has 3 rings (SSSR count). The summed E-state index contributed by atoms with van der Waals surface area (Å²) in [5.74, 6) is -0.262. The molecule has 0 bridgehead atoms. The quantitative estimate of drug-likeness (QED) is 0.913. The fraction of sp³-hybridized carbons (Fsp3) is 0.312. The van der Waals surface area contributed by atoms with E-state index in [9.17, 15) is 4.39 Å². The highest BCUT2D eigenvalue weighted by molar-refractivity contribution is 5.40. The minimum Gasteiger partial charge on any atom is -0.309 e. The van der Waals surface area contributed by atoms with E-state index in [0.717, 1.165) is 12.0 Å². The van der Waals surface area contributed by atoms with Gasteiger partial charge in [0.05, 0.1) is 12.2 Å². The summed E-state index contributed by atoms with van der Waals surface area (Å²) in [6, 6.07) is 8.12. The molecule has 2 nitrogen and oxygen atoms in total. The number of aromatic nitrogens is 1. The average Bonchev–Trinajstić information content (AvgIpc) is 2.89. The predicted octanol–water partition coefficient (Wildman–Crippen LogP) is 3.02. The van der Waals surface area contributed by atoms with Gasteiger partial charge in [-0.1, -0.05) is 18.2 Å². The van der Waals surface area contributed by atoms with E-state index in [0.29, 0.717) is 5.56 Å². The monoisotopic (exact) mass is 256 g/mol. The fourth-order valence-electron chi connectivity index (χ4n) is 2.89. The number of nitrogens with one attached hydrogen (secondary N) is 1. The van der Waals surface area contributed by atoms with Gasteiger partial charge in [0.15, 0.2) is 0 Å². The molecule has 1 aliphatic carbocycles. The Bertz CT molecular complexity index is 595. The molecule has 1 aromatic heterocycles. The van der Waals surface area contributed by atoms with Crippen LogP contribution in [-0.4, -0.2) is 12.0 Å². The van der Waals surface area contributed by atoms with Crippen LogP contribution < -0.4 is 5.32 Å². The second-order valence-corrected chi connectivity index (χ2v) is 5.00. The molecular formula is C16H17FN2. The van der Waals surface area contributed by atoms with Crippen molar-refractivity contribution in [2.24, 2.45) is 0 Å². The van der Waals surface area contributed by atoms with Crippen LogP contribution in [0.25, 0.3) is 0 Å². The van der Waals surface area contributed by atoms with Crippen molar-refractivity contribution in [1.82, 2.24) is 10.3 Å². The molecule has 2 aromatic rings. The molecule has 1 aliphatic rings. The number of hydrogen-bond donors (Lipinski definition) is 1. The van der Waals surface area contributed by atoms with E-state index in [2.05, 4.69) is 28.5 Å². The smallest absolute Gasteiger partial charge is 0.146 e. The zero-order chi connectivity index (χ0) is 13.2. The van der Waals surface area contributed by atoms with Crippen LogP contribution in [-0.2, 0) is 12.8 Å². The molecule has 0 saturated heterocycles. The van der Waals surface area contributed by atoms with Gasteiger partial charge >= 0.3 is 0 Å². The van der Waals surface area contributed by atoms with Gasteiger partial charge in [-0.05, 0) is 49.1 Å². The maximum Gasteiger partial charge on any atom is 0.146 e. The molecule has 1 heterocycles. The molecule has 1 unspecified atom stereocenters. The molecule has 0 spiro atoms. The maximum absolute atomic E-state index is 13.9. The summed E-state index contributed by atoms with van der Waals surface area (Å²) in [5.41, 5.74) is 4.62. The first-order chi connectivity index (χ1) is 9.29. The van der Waals surface area contributed by atoms with E-state index in [1.165, 1.54) is 30.2 Å². The molecule has 1 aromatic carbocycles. The number of halogens is 1. The van der Waals surface area contributed by atoms with E-state index >= 15 is 0 Å². The van der Waals surface area contributed by atoms with Gasteiger partial charge in [0.25, 0.3) is 0 Å². The van der Waals surface area contributed by atoms with E-state index in [4.69, 9.17) is 0 Å². The number of nitrogens with zero attached hydrogens (tertiary/aromatic N) is 1. The largest absolute Gasteiger partial charge is 0.309 e. The van der Waals surface area contributed by atoms with Crippen molar-refractivity contribution in [3.8, 4) is 0 Å². The van der Waals surface area contributed by atoms with E-state index < -0.39 is 0 Å². The van der Waals surface area contributed by atoms with Gasteiger partial charge in [-0.25, -0.2) is 4.39 Å². The zero-order valence-corrected chi connectivity index (χ0v) is 11.0. The minimum absolute atomic E-state index is 0.117. The lowest BCUT2D eigenvalue weighted by Gasteiger charge is -2.18. The van der Waals surface area contributed by atoms with E-state index in [1.54, 1.807) is 12.3 Å². The van der Waals surface area contributed by atoms with Gasteiger partial charge in [-0.15, -0.1) is 0 Å². The van der Waals surface area contributed by atoms with Crippen molar-refractivity contribution in [1.29, 1.82) is 0 Å². The summed E-state index contributed by atoms with van der Waals surface area (Å²) in [6.07, 6.45) is 6.44. The molecule has 0 radical (unpaired) electrons. The second kappa shape index (κ2) is 5.10. The predicted molar refractivity (Wildman–Crippen MR) is 73.6 cm³/mol. The standard InChI is InChI=1S/C16H17FN2/c1-18-16(14-7-8-19-10-15(14)17)13-6-5-11-3-2-4-12(11)9-13/h5-10,16,18H,2-4H2,1H3.